The maximum Gasteiger partial charge on any atom is 0.119 e. The maximum atomic E-state index is 5.94. The standard InChI is InChI=1S/C16H19NOS2/c1-3-19-15-8-5-9-16(14(15)11-17)20-13-7-4-6-12(10-13)18-2/h4-10H,3,11,17H2,1-2H3. The Labute approximate surface area is 129 Å². The second-order valence-electron chi connectivity index (χ2n) is 4.15. The van der Waals surface area contributed by atoms with Crippen molar-refractivity contribution in [1.82, 2.24) is 0 Å². The summed E-state index contributed by atoms with van der Waals surface area (Å²) in [6, 6.07) is 14.5. The number of benzene rings is 2. The summed E-state index contributed by atoms with van der Waals surface area (Å²) in [4.78, 5) is 3.67. The summed E-state index contributed by atoms with van der Waals surface area (Å²) >= 11 is 3.58. The lowest BCUT2D eigenvalue weighted by Crippen LogP contribution is -2.00. The van der Waals surface area contributed by atoms with Gasteiger partial charge in [0.1, 0.15) is 5.75 Å². The highest BCUT2D eigenvalue weighted by Crippen LogP contribution is 2.36. The van der Waals surface area contributed by atoms with Crippen molar-refractivity contribution < 1.29 is 4.74 Å². The van der Waals surface area contributed by atoms with E-state index in [1.165, 1.54) is 15.4 Å². The third-order valence-electron chi connectivity index (χ3n) is 2.86. The van der Waals surface area contributed by atoms with E-state index in [1.54, 1.807) is 18.9 Å². The lowest BCUT2D eigenvalue weighted by molar-refractivity contribution is 0.413. The first-order valence-corrected chi connectivity index (χ1v) is 8.35. The second kappa shape index (κ2) is 7.62. The lowest BCUT2D eigenvalue weighted by atomic mass is 10.2. The highest BCUT2D eigenvalue weighted by atomic mass is 32.2. The minimum absolute atomic E-state index is 0.565. The van der Waals surface area contributed by atoms with Crippen LogP contribution in [0.1, 0.15) is 12.5 Å². The summed E-state index contributed by atoms with van der Waals surface area (Å²) < 4.78 is 5.27. The molecule has 2 aromatic carbocycles. The van der Waals surface area contributed by atoms with Crippen LogP contribution in [0.15, 0.2) is 57.2 Å². The number of nitrogens with two attached hydrogens (primary N) is 1. The number of rotatable bonds is 6. The van der Waals surface area contributed by atoms with E-state index in [2.05, 4.69) is 31.2 Å². The molecule has 0 amide bonds. The molecule has 0 aromatic heterocycles. The second-order valence-corrected chi connectivity index (χ2v) is 6.57. The number of hydrogen-bond donors (Lipinski definition) is 1. The van der Waals surface area contributed by atoms with Crippen LogP contribution in [0, 0.1) is 0 Å². The zero-order chi connectivity index (χ0) is 14.4. The summed E-state index contributed by atoms with van der Waals surface area (Å²) in [5.74, 6) is 1.93. The van der Waals surface area contributed by atoms with Gasteiger partial charge in [0.25, 0.3) is 0 Å². The van der Waals surface area contributed by atoms with E-state index in [4.69, 9.17) is 10.5 Å². The van der Waals surface area contributed by atoms with Crippen molar-refractivity contribution in [2.75, 3.05) is 12.9 Å². The predicted octanol–water partition coefficient (Wildman–Crippen LogP) is 4.42. The fourth-order valence-corrected chi connectivity index (χ4v) is 3.88. The molecule has 0 saturated heterocycles. The molecule has 0 fully saturated rings. The average molecular weight is 305 g/mol. The first kappa shape index (κ1) is 15.3. The largest absolute Gasteiger partial charge is 0.497 e. The molecule has 0 aliphatic rings. The van der Waals surface area contributed by atoms with E-state index >= 15 is 0 Å². The van der Waals surface area contributed by atoms with Gasteiger partial charge in [-0.15, -0.1) is 11.8 Å². The van der Waals surface area contributed by atoms with Gasteiger partial charge >= 0.3 is 0 Å². The van der Waals surface area contributed by atoms with Gasteiger partial charge in [-0.2, -0.15) is 0 Å². The van der Waals surface area contributed by atoms with Crippen LogP contribution in [0.3, 0.4) is 0 Å². The maximum absolute atomic E-state index is 5.94. The van der Waals surface area contributed by atoms with Crippen LogP contribution in [-0.2, 0) is 6.54 Å². The Bertz CT molecular complexity index is 572. The normalized spacial score (nSPS) is 10.6. The Morgan fingerprint density at radius 2 is 1.85 bits per heavy atom. The molecule has 0 aliphatic heterocycles. The third-order valence-corrected chi connectivity index (χ3v) is 4.94. The Morgan fingerprint density at radius 1 is 1.10 bits per heavy atom. The minimum Gasteiger partial charge on any atom is -0.497 e. The van der Waals surface area contributed by atoms with Crippen molar-refractivity contribution in [3.63, 3.8) is 0 Å². The molecule has 2 rings (SSSR count). The molecule has 2 aromatic rings. The molecule has 2 N–H and O–H groups in total. The first-order valence-electron chi connectivity index (χ1n) is 6.55. The zero-order valence-electron chi connectivity index (χ0n) is 11.8. The summed E-state index contributed by atoms with van der Waals surface area (Å²) in [6.45, 7) is 2.72. The van der Waals surface area contributed by atoms with Gasteiger partial charge in [0.2, 0.25) is 0 Å². The topological polar surface area (TPSA) is 35.2 Å². The van der Waals surface area contributed by atoms with Crippen molar-refractivity contribution in [3.05, 3.63) is 48.0 Å². The molecule has 20 heavy (non-hydrogen) atoms. The van der Waals surface area contributed by atoms with Gasteiger partial charge in [0.05, 0.1) is 7.11 Å². The van der Waals surface area contributed by atoms with Gasteiger partial charge in [-0.05, 0) is 41.6 Å². The third kappa shape index (κ3) is 3.72. The van der Waals surface area contributed by atoms with Crippen LogP contribution in [0.2, 0.25) is 0 Å². The summed E-state index contributed by atoms with van der Waals surface area (Å²) in [5.41, 5.74) is 7.17. The van der Waals surface area contributed by atoms with Crippen molar-refractivity contribution in [2.45, 2.75) is 28.2 Å². The monoisotopic (exact) mass is 305 g/mol. The fraction of sp³-hybridized carbons (Fsp3) is 0.250. The molecule has 0 spiro atoms. The Kier molecular flexibility index (Phi) is 5.83. The molecule has 4 heteroatoms. The van der Waals surface area contributed by atoms with E-state index in [9.17, 15) is 0 Å². The minimum atomic E-state index is 0.565. The molecular weight excluding hydrogens is 286 g/mol. The van der Waals surface area contributed by atoms with E-state index in [-0.39, 0.29) is 0 Å². The van der Waals surface area contributed by atoms with Crippen molar-refractivity contribution >= 4 is 23.5 Å². The van der Waals surface area contributed by atoms with Crippen molar-refractivity contribution in [3.8, 4) is 5.75 Å². The molecule has 0 saturated carbocycles. The quantitative estimate of drug-likeness (QED) is 0.801. The summed E-state index contributed by atoms with van der Waals surface area (Å²) in [5, 5.41) is 0. The Morgan fingerprint density at radius 3 is 2.55 bits per heavy atom. The van der Waals surface area contributed by atoms with Crippen molar-refractivity contribution in [1.29, 1.82) is 0 Å². The van der Waals surface area contributed by atoms with Crippen LogP contribution in [-0.4, -0.2) is 12.9 Å². The van der Waals surface area contributed by atoms with Gasteiger partial charge < -0.3 is 10.5 Å². The number of hydrogen-bond acceptors (Lipinski definition) is 4. The number of methoxy groups -OCH3 is 1. The zero-order valence-corrected chi connectivity index (χ0v) is 13.4. The highest BCUT2D eigenvalue weighted by molar-refractivity contribution is 8.00. The molecule has 0 bridgehead atoms. The average Bonchev–Trinajstić information content (AvgIpc) is 2.48. The summed E-state index contributed by atoms with van der Waals surface area (Å²) in [6.07, 6.45) is 0. The number of thioether (sulfide) groups is 1. The molecule has 2 nitrogen and oxygen atoms in total. The van der Waals surface area contributed by atoms with Crippen LogP contribution in [0.4, 0.5) is 0 Å². The molecular formula is C16H19NOS2. The SMILES string of the molecule is CCSc1cccc(Sc2cccc(OC)c2)c1CN. The molecule has 0 atom stereocenters. The van der Waals surface area contributed by atoms with Gasteiger partial charge in [-0.1, -0.05) is 30.8 Å². The first-order chi connectivity index (χ1) is 9.78. The molecule has 106 valence electrons. The van der Waals surface area contributed by atoms with Crippen LogP contribution in [0.25, 0.3) is 0 Å². The summed E-state index contributed by atoms with van der Waals surface area (Å²) in [7, 11) is 1.69. The predicted molar refractivity (Wildman–Crippen MR) is 87.8 cm³/mol. The fourth-order valence-electron chi connectivity index (χ4n) is 1.92. The van der Waals surface area contributed by atoms with Gasteiger partial charge in [-0.3, -0.25) is 0 Å². The van der Waals surface area contributed by atoms with E-state index in [0.717, 1.165) is 16.4 Å². The highest BCUT2D eigenvalue weighted by Gasteiger charge is 2.09. The molecule has 0 unspecified atom stereocenters. The van der Waals surface area contributed by atoms with E-state index < -0.39 is 0 Å². The number of ether oxygens (including phenoxy) is 1. The van der Waals surface area contributed by atoms with Gasteiger partial charge in [0.15, 0.2) is 0 Å². The van der Waals surface area contributed by atoms with Gasteiger partial charge in [0, 0.05) is 21.2 Å². The van der Waals surface area contributed by atoms with Crippen LogP contribution in [0.5, 0.6) is 5.75 Å². The Hall–Kier alpha value is -1.10. The van der Waals surface area contributed by atoms with Crippen LogP contribution >= 0.6 is 23.5 Å². The van der Waals surface area contributed by atoms with Crippen molar-refractivity contribution in [2.24, 2.45) is 5.73 Å². The lowest BCUT2D eigenvalue weighted by Gasteiger charge is -2.12. The smallest absolute Gasteiger partial charge is 0.119 e. The van der Waals surface area contributed by atoms with E-state index in [0.29, 0.717) is 6.54 Å². The Balaban J connectivity index is 2.30. The van der Waals surface area contributed by atoms with Gasteiger partial charge in [-0.25, -0.2) is 0 Å². The molecule has 0 radical (unpaired) electrons. The van der Waals surface area contributed by atoms with E-state index in [1.807, 2.05) is 30.0 Å². The molecule has 0 heterocycles. The molecule has 0 aliphatic carbocycles. The van der Waals surface area contributed by atoms with Crippen LogP contribution < -0.4 is 10.5 Å².